The number of halogens is 2. The molecule has 3 nitrogen and oxygen atoms in total. The van der Waals surface area contributed by atoms with E-state index in [-0.39, 0.29) is 0 Å². The summed E-state index contributed by atoms with van der Waals surface area (Å²) in [6, 6.07) is 17.0. The van der Waals surface area contributed by atoms with Gasteiger partial charge >= 0.3 is 81.7 Å². The van der Waals surface area contributed by atoms with Gasteiger partial charge in [-0.15, -0.1) is 0 Å². The van der Waals surface area contributed by atoms with E-state index in [9.17, 15) is 0 Å². The van der Waals surface area contributed by atoms with Gasteiger partial charge in [-0.3, -0.25) is 0 Å². The van der Waals surface area contributed by atoms with E-state index >= 15 is 0 Å². The molecule has 0 radical (unpaired) electrons. The zero-order chi connectivity index (χ0) is 17.0. The number of benzene rings is 2. The van der Waals surface area contributed by atoms with Crippen molar-refractivity contribution in [2.75, 3.05) is 0 Å². The zero-order valence-electron chi connectivity index (χ0n) is 13.2. The van der Waals surface area contributed by atoms with Gasteiger partial charge in [0.1, 0.15) is 0 Å². The van der Waals surface area contributed by atoms with Gasteiger partial charge in [-0.25, -0.2) is 0 Å². The average Bonchev–Trinajstić information content (AvgIpc) is 2.75. The van der Waals surface area contributed by atoms with Crippen LogP contribution in [0.15, 0.2) is 48.5 Å². The van der Waals surface area contributed by atoms with Gasteiger partial charge in [-0.2, -0.15) is 1.33 Å². The number of aryl methyl sites for hydroxylation is 3. The fourth-order valence-corrected chi connectivity index (χ4v) is 3.61. The first-order valence-corrected chi connectivity index (χ1v) is 10.2. The third-order valence-electron chi connectivity index (χ3n) is 3.54. The van der Waals surface area contributed by atoms with Gasteiger partial charge in [-0.1, -0.05) is 29.8 Å². The summed E-state index contributed by atoms with van der Waals surface area (Å²) < 4.78 is 7.74. The van der Waals surface area contributed by atoms with Crippen molar-refractivity contribution in [3.05, 3.63) is 63.5 Å². The Kier molecular flexibility index (Phi) is 7.50. The Morgan fingerprint density at radius 2 is 1.39 bits per heavy atom. The molecule has 0 fully saturated rings. The van der Waals surface area contributed by atoms with Crippen LogP contribution >= 0.6 is 45.7 Å². The van der Waals surface area contributed by atoms with Crippen LogP contribution in [0.3, 0.4) is 0 Å². The predicted octanol–water partition coefficient (Wildman–Crippen LogP) is 5.09. The van der Waals surface area contributed by atoms with Crippen LogP contribution in [-0.2, 0) is 40.0 Å². The van der Waals surface area contributed by atoms with E-state index in [2.05, 4.69) is 145 Å². The van der Waals surface area contributed by atoms with Crippen molar-refractivity contribution in [3.8, 4) is 0 Å². The molecule has 3 aromatic rings. The minimum atomic E-state index is 1.00. The molecule has 0 bridgehead atoms. The van der Waals surface area contributed by atoms with Gasteiger partial charge in [0.2, 0.25) is 0 Å². The third-order valence-corrected chi connectivity index (χ3v) is 5.75. The molecule has 3 rings (SSSR count). The number of imidazole rings is 1. The monoisotopic (exact) mass is 714 g/mol. The van der Waals surface area contributed by atoms with Crippen molar-refractivity contribution in [3.63, 3.8) is 0 Å². The maximum atomic E-state index is 2.33. The molecule has 0 saturated carbocycles. The molecule has 126 valence electrons. The second-order valence-electron chi connectivity index (χ2n) is 5.29. The van der Waals surface area contributed by atoms with E-state index in [0.717, 1.165) is 6.54 Å². The molecule has 2 aromatic carbocycles. The molecular formula is C17H19I2N3Pt. The Morgan fingerprint density at radius 3 is 1.83 bits per heavy atom. The van der Waals surface area contributed by atoms with Crippen molar-refractivity contribution < 1.29 is 19.4 Å². The summed E-state index contributed by atoms with van der Waals surface area (Å²) in [5.41, 5.74) is 5.25. The van der Waals surface area contributed by atoms with Gasteiger partial charge in [0.15, 0.2) is 0 Å². The van der Waals surface area contributed by atoms with Gasteiger partial charge in [0.05, 0.1) is 0 Å². The summed E-state index contributed by atoms with van der Waals surface area (Å²) in [7, 11) is 4.18. The molecule has 0 spiro atoms. The molecule has 6 heteroatoms. The molecule has 23 heavy (non-hydrogen) atoms. The molecule has 0 N–H and O–H groups in total. The Bertz CT molecular complexity index is 793. The van der Waals surface area contributed by atoms with E-state index in [4.69, 9.17) is 0 Å². The zero-order valence-corrected chi connectivity index (χ0v) is 19.8. The van der Waals surface area contributed by atoms with Crippen LogP contribution in [-0.4, -0.2) is 10.5 Å². The Balaban J connectivity index is 0.000000168. The number of fused-ring (bicyclic) bond motifs is 1. The Labute approximate surface area is 176 Å². The number of nitrogens with zero attached hydrogens (tertiary/aromatic N) is 3. The molecule has 0 amide bonds. The topological polar surface area (TPSA) is 13.1 Å². The number of rotatable bonds is 2. The van der Waals surface area contributed by atoms with Crippen LogP contribution in [0.25, 0.3) is 11.0 Å². The van der Waals surface area contributed by atoms with E-state index in [1.165, 1.54) is 26.0 Å². The summed E-state index contributed by atoms with van der Waals surface area (Å²) in [5.74, 6) is 0. The quantitative estimate of drug-likeness (QED) is 0.267. The molecule has 1 aromatic heterocycles. The van der Waals surface area contributed by atoms with Gasteiger partial charge in [-0.05, 0) is 12.5 Å². The van der Waals surface area contributed by atoms with Crippen LogP contribution in [0.2, 0.25) is 0 Å². The fraction of sp³-hybridized carbons (Fsp3) is 0.235. The summed E-state index contributed by atoms with van der Waals surface area (Å²) in [6.07, 6.45) is 0. The van der Waals surface area contributed by atoms with Crippen LogP contribution in [0.5, 0.6) is 0 Å². The van der Waals surface area contributed by atoms with Crippen molar-refractivity contribution >= 4 is 56.8 Å². The number of hydrogen-bond acceptors (Lipinski definition) is 1. The third kappa shape index (κ3) is 5.24. The van der Waals surface area contributed by atoms with Gasteiger partial charge < -0.3 is 0 Å². The van der Waals surface area contributed by atoms with Crippen LogP contribution in [0, 0.1) is 10.7 Å². The number of aromatic nitrogens is 2. The first kappa shape index (κ1) is 19.3. The number of para-hydroxylation sites is 2. The molecule has 0 aliphatic heterocycles. The second-order valence-corrected chi connectivity index (χ2v) is 10.5. The molecule has 0 aliphatic carbocycles. The average molecular weight is 714 g/mol. The Hall–Kier alpha value is 0.0183. The predicted molar refractivity (Wildman–Crippen MR) is 110 cm³/mol. The molecule has 0 atom stereocenters. The van der Waals surface area contributed by atoms with Gasteiger partial charge in [0, 0.05) is 52.3 Å². The minimum absolute atomic E-state index is 1.00. The molecular weight excluding hydrogens is 695 g/mol. The van der Waals surface area contributed by atoms with Crippen molar-refractivity contribution in [1.82, 2.24) is 10.5 Å². The van der Waals surface area contributed by atoms with E-state index in [1.54, 1.807) is 0 Å². The van der Waals surface area contributed by atoms with Crippen molar-refractivity contribution in [2.24, 2.45) is 14.1 Å². The SMILES string of the molecule is Cc1ccc(CN(I)I)cc1.Cn1[c](=[Pt])n(C)c2ccccc21. The van der Waals surface area contributed by atoms with Crippen LogP contribution in [0.4, 0.5) is 0 Å². The first-order chi connectivity index (χ1) is 10.9. The number of hydrogen-bond donors (Lipinski definition) is 0. The summed E-state index contributed by atoms with van der Waals surface area (Å²) in [4.78, 5) is 0. The molecule has 0 saturated heterocycles. The summed E-state index contributed by atoms with van der Waals surface area (Å²) in [5, 5.41) is 0. The van der Waals surface area contributed by atoms with Crippen LogP contribution in [0.1, 0.15) is 11.1 Å². The molecule has 1 heterocycles. The van der Waals surface area contributed by atoms with E-state index < -0.39 is 0 Å². The molecule has 0 unspecified atom stereocenters. The second kappa shape index (κ2) is 8.92. The summed E-state index contributed by atoms with van der Waals surface area (Å²) >= 11 is 6.88. The van der Waals surface area contributed by atoms with E-state index in [1.807, 2.05) is 0 Å². The van der Waals surface area contributed by atoms with Crippen molar-refractivity contribution in [2.45, 2.75) is 13.5 Å². The van der Waals surface area contributed by atoms with Crippen molar-refractivity contribution in [1.29, 1.82) is 0 Å². The molecule has 0 aliphatic rings. The normalized spacial score (nSPS) is 10.8. The maximum absolute atomic E-state index is 2.33. The van der Waals surface area contributed by atoms with E-state index in [0.29, 0.717) is 0 Å². The fourth-order valence-electron chi connectivity index (χ4n) is 2.27. The van der Waals surface area contributed by atoms with Crippen LogP contribution < -0.4 is 0 Å². The summed E-state index contributed by atoms with van der Waals surface area (Å²) in [6.45, 7) is 3.11. The standard InChI is InChI=1S/C9H10N2.C8H9I2N.Pt/c1-10-7-11(2)9-6-4-3-5-8(9)10;1-7-2-4-8(5-3-7)6-11(9)10;/h3-6H,1-2H3;2-5H,6H2,1H3;. The first-order valence-electron chi connectivity index (χ1n) is 7.10. The Morgan fingerprint density at radius 1 is 0.913 bits per heavy atom. The van der Waals surface area contributed by atoms with Gasteiger partial charge in [0.25, 0.3) is 0 Å².